The zero-order valence-corrected chi connectivity index (χ0v) is 17.1. The molecule has 2 N–H and O–H groups in total. The number of halogens is 1. The van der Waals surface area contributed by atoms with Crippen molar-refractivity contribution in [2.45, 2.75) is 19.3 Å². The molecule has 25 heavy (non-hydrogen) atoms. The van der Waals surface area contributed by atoms with E-state index >= 15 is 0 Å². The molecule has 0 aromatic heterocycles. The van der Waals surface area contributed by atoms with Crippen LogP contribution in [0.2, 0.25) is 0 Å². The van der Waals surface area contributed by atoms with Crippen LogP contribution in [0, 0.1) is 0 Å². The maximum atomic E-state index is 5.68. The molecule has 2 aromatic rings. The Balaban J connectivity index is 0.00000312. The van der Waals surface area contributed by atoms with Gasteiger partial charge in [0.2, 0.25) is 0 Å². The molecule has 0 aliphatic rings. The van der Waals surface area contributed by atoms with Crippen LogP contribution in [0.1, 0.15) is 18.4 Å². The van der Waals surface area contributed by atoms with Gasteiger partial charge in [0, 0.05) is 20.1 Å². The Kier molecular flexibility index (Phi) is 11.5. The Morgan fingerprint density at radius 2 is 1.52 bits per heavy atom. The Morgan fingerprint density at radius 1 is 0.880 bits per heavy atom. The van der Waals surface area contributed by atoms with Crippen molar-refractivity contribution in [1.29, 1.82) is 0 Å². The molecule has 0 fully saturated rings. The Bertz CT molecular complexity index is 590. The second-order valence-electron chi connectivity index (χ2n) is 5.53. The number of rotatable bonds is 9. The molecular formula is C20H28IN3O. The molecule has 0 aliphatic heterocycles. The third kappa shape index (κ3) is 9.34. The third-order valence-electron chi connectivity index (χ3n) is 3.65. The van der Waals surface area contributed by atoms with Crippen LogP contribution in [-0.4, -0.2) is 32.7 Å². The first-order valence-electron chi connectivity index (χ1n) is 8.55. The van der Waals surface area contributed by atoms with Crippen molar-refractivity contribution in [3.63, 3.8) is 0 Å². The molecule has 0 unspecified atom stereocenters. The van der Waals surface area contributed by atoms with Crippen LogP contribution >= 0.6 is 24.0 Å². The molecule has 0 aliphatic carbocycles. The zero-order valence-electron chi connectivity index (χ0n) is 14.8. The van der Waals surface area contributed by atoms with E-state index in [1.165, 1.54) is 5.56 Å². The molecule has 0 amide bonds. The first-order valence-corrected chi connectivity index (χ1v) is 8.55. The summed E-state index contributed by atoms with van der Waals surface area (Å²) in [5.74, 6) is 1.79. The first kappa shape index (κ1) is 21.3. The van der Waals surface area contributed by atoms with Crippen molar-refractivity contribution in [2.24, 2.45) is 4.99 Å². The monoisotopic (exact) mass is 453 g/mol. The number of benzene rings is 2. The van der Waals surface area contributed by atoms with E-state index in [1.54, 1.807) is 7.05 Å². The minimum Gasteiger partial charge on any atom is -0.494 e. The third-order valence-corrected chi connectivity index (χ3v) is 3.65. The minimum atomic E-state index is 0. The van der Waals surface area contributed by atoms with Crippen molar-refractivity contribution < 1.29 is 4.74 Å². The number of hydrogen-bond donors (Lipinski definition) is 2. The van der Waals surface area contributed by atoms with Crippen molar-refractivity contribution in [1.82, 2.24) is 10.6 Å². The molecule has 136 valence electrons. The van der Waals surface area contributed by atoms with E-state index in [2.05, 4.69) is 39.9 Å². The SMILES string of the molecule is CN=C(NCCCCOc1ccccc1)NCCc1ccccc1.I. The summed E-state index contributed by atoms with van der Waals surface area (Å²) >= 11 is 0. The van der Waals surface area contributed by atoms with Crippen LogP contribution in [0.3, 0.4) is 0 Å². The molecule has 0 bridgehead atoms. The van der Waals surface area contributed by atoms with Gasteiger partial charge in [0.25, 0.3) is 0 Å². The lowest BCUT2D eigenvalue weighted by Crippen LogP contribution is -2.38. The summed E-state index contributed by atoms with van der Waals surface area (Å²) in [5, 5.41) is 6.68. The number of nitrogens with one attached hydrogen (secondary N) is 2. The second-order valence-corrected chi connectivity index (χ2v) is 5.53. The van der Waals surface area contributed by atoms with Gasteiger partial charge in [-0.1, -0.05) is 48.5 Å². The molecule has 4 nitrogen and oxygen atoms in total. The number of guanidine groups is 1. The highest BCUT2D eigenvalue weighted by molar-refractivity contribution is 14.0. The van der Waals surface area contributed by atoms with Gasteiger partial charge in [-0.2, -0.15) is 0 Å². The predicted molar refractivity (Wildman–Crippen MR) is 116 cm³/mol. The molecule has 2 aromatic carbocycles. The van der Waals surface area contributed by atoms with Crippen molar-refractivity contribution in [3.05, 3.63) is 66.2 Å². The fourth-order valence-electron chi connectivity index (χ4n) is 2.33. The molecule has 0 heterocycles. The number of unbranched alkanes of at least 4 members (excludes halogenated alkanes) is 1. The number of ether oxygens (including phenoxy) is 1. The lowest BCUT2D eigenvalue weighted by molar-refractivity contribution is 0.307. The van der Waals surface area contributed by atoms with Gasteiger partial charge in [-0.25, -0.2) is 0 Å². The predicted octanol–water partition coefficient (Wildman–Crippen LogP) is 3.87. The molecule has 0 saturated carbocycles. The summed E-state index contributed by atoms with van der Waals surface area (Å²) in [4.78, 5) is 4.25. The van der Waals surface area contributed by atoms with E-state index in [0.29, 0.717) is 0 Å². The maximum Gasteiger partial charge on any atom is 0.190 e. The van der Waals surface area contributed by atoms with E-state index in [9.17, 15) is 0 Å². The lowest BCUT2D eigenvalue weighted by atomic mass is 10.1. The summed E-state index contributed by atoms with van der Waals surface area (Å²) in [6, 6.07) is 20.4. The number of aliphatic imine (C=N–C) groups is 1. The summed E-state index contributed by atoms with van der Waals surface area (Å²) < 4.78 is 5.68. The quantitative estimate of drug-likeness (QED) is 0.262. The standard InChI is InChI=1S/C20H27N3O.HI/c1-21-20(23-16-14-18-10-4-2-5-11-18)22-15-8-9-17-24-19-12-6-3-7-13-19;/h2-7,10-13H,8-9,14-17H2,1H3,(H2,21,22,23);1H. The number of nitrogens with zero attached hydrogens (tertiary/aromatic N) is 1. The van der Waals surface area contributed by atoms with Crippen LogP contribution in [0.5, 0.6) is 5.75 Å². The Hall–Kier alpha value is -1.76. The molecular weight excluding hydrogens is 425 g/mol. The van der Waals surface area contributed by atoms with E-state index in [1.807, 2.05) is 36.4 Å². The molecule has 0 spiro atoms. The van der Waals surface area contributed by atoms with E-state index in [-0.39, 0.29) is 24.0 Å². The van der Waals surface area contributed by atoms with Crippen LogP contribution in [0.25, 0.3) is 0 Å². The van der Waals surface area contributed by atoms with E-state index in [4.69, 9.17) is 4.74 Å². The van der Waals surface area contributed by atoms with Gasteiger partial charge in [0.05, 0.1) is 6.61 Å². The fourth-order valence-corrected chi connectivity index (χ4v) is 2.33. The Labute approximate surface area is 168 Å². The van der Waals surface area contributed by atoms with Gasteiger partial charge in [0.15, 0.2) is 5.96 Å². The first-order chi connectivity index (χ1) is 11.9. The highest BCUT2D eigenvalue weighted by atomic mass is 127. The van der Waals surface area contributed by atoms with Crippen molar-refractivity contribution in [3.8, 4) is 5.75 Å². The molecule has 0 atom stereocenters. The summed E-state index contributed by atoms with van der Waals surface area (Å²) in [6.07, 6.45) is 3.06. The van der Waals surface area contributed by atoms with Crippen LogP contribution in [-0.2, 0) is 6.42 Å². The Morgan fingerprint density at radius 3 is 2.20 bits per heavy atom. The summed E-state index contributed by atoms with van der Waals surface area (Å²) in [6.45, 7) is 2.51. The lowest BCUT2D eigenvalue weighted by Gasteiger charge is -2.12. The zero-order chi connectivity index (χ0) is 16.9. The van der Waals surface area contributed by atoms with Gasteiger partial charge < -0.3 is 15.4 Å². The fraction of sp³-hybridized carbons (Fsp3) is 0.350. The van der Waals surface area contributed by atoms with Gasteiger partial charge in [-0.3, -0.25) is 4.99 Å². The van der Waals surface area contributed by atoms with E-state index < -0.39 is 0 Å². The van der Waals surface area contributed by atoms with Gasteiger partial charge >= 0.3 is 0 Å². The van der Waals surface area contributed by atoms with Crippen molar-refractivity contribution >= 4 is 29.9 Å². The van der Waals surface area contributed by atoms with Crippen LogP contribution < -0.4 is 15.4 Å². The number of hydrogen-bond acceptors (Lipinski definition) is 2. The van der Waals surface area contributed by atoms with Crippen LogP contribution in [0.15, 0.2) is 65.7 Å². The average Bonchev–Trinajstić information content (AvgIpc) is 2.64. The highest BCUT2D eigenvalue weighted by Crippen LogP contribution is 2.08. The van der Waals surface area contributed by atoms with Crippen LogP contribution in [0.4, 0.5) is 0 Å². The summed E-state index contributed by atoms with van der Waals surface area (Å²) in [5.41, 5.74) is 1.33. The van der Waals surface area contributed by atoms with Gasteiger partial charge in [-0.05, 0) is 37.0 Å². The topological polar surface area (TPSA) is 45.7 Å². The van der Waals surface area contributed by atoms with Gasteiger partial charge in [-0.15, -0.1) is 24.0 Å². The second kappa shape index (κ2) is 13.5. The number of para-hydroxylation sites is 1. The molecule has 0 saturated heterocycles. The van der Waals surface area contributed by atoms with E-state index in [0.717, 1.165) is 50.7 Å². The molecule has 2 rings (SSSR count). The largest absolute Gasteiger partial charge is 0.494 e. The normalized spacial score (nSPS) is 10.7. The van der Waals surface area contributed by atoms with Gasteiger partial charge in [0.1, 0.15) is 5.75 Å². The maximum absolute atomic E-state index is 5.68. The summed E-state index contributed by atoms with van der Waals surface area (Å²) in [7, 11) is 1.80. The minimum absolute atomic E-state index is 0. The average molecular weight is 453 g/mol. The highest BCUT2D eigenvalue weighted by Gasteiger charge is 1.98. The molecule has 5 heteroatoms. The van der Waals surface area contributed by atoms with Crippen molar-refractivity contribution in [2.75, 3.05) is 26.7 Å². The smallest absolute Gasteiger partial charge is 0.190 e. The molecule has 0 radical (unpaired) electrons.